The molecule has 0 aliphatic carbocycles. The minimum absolute atomic E-state index is 0.0264. The van der Waals surface area contributed by atoms with E-state index in [9.17, 15) is 9.59 Å². The zero-order valence-corrected chi connectivity index (χ0v) is 11.6. The van der Waals surface area contributed by atoms with E-state index < -0.39 is 0 Å². The molecule has 0 heterocycles. The third-order valence-electron chi connectivity index (χ3n) is 2.21. The average Bonchev–Trinajstić information content (AvgIpc) is 2.41. The van der Waals surface area contributed by atoms with Crippen molar-refractivity contribution >= 4 is 11.9 Å². The molecule has 0 radical (unpaired) electrons. The van der Waals surface area contributed by atoms with Gasteiger partial charge in [-0.2, -0.15) is 0 Å². The third kappa shape index (κ3) is 13.1. The largest absolute Gasteiger partial charge is 0.463 e. The molecule has 6 heteroatoms. The highest BCUT2D eigenvalue weighted by Crippen LogP contribution is 2.02. The van der Waals surface area contributed by atoms with Crippen molar-refractivity contribution in [2.75, 3.05) is 33.0 Å². The van der Waals surface area contributed by atoms with Gasteiger partial charge in [0.25, 0.3) is 0 Å². The number of carbonyl (C=O) groups excluding carboxylic acids is 2. The van der Waals surface area contributed by atoms with E-state index >= 15 is 0 Å². The van der Waals surface area contributed by atoms with Crippen LogP contribution >= 0.6 is 0 Å². The van der Waals surface area contributed by atoms with Crippen molar-refractivity contribution in [3.63, 3.8) is 0 Å². The molecule has 0 unspecified atom stereocenters. The molecule has 0 fully saturated rings. The normalized spacial score (nSPS) is 10.2. The molecule has 0 rings (SSSR count). The lowest BCUT2D eigenvalue weighted by molar-refractivity contribution is -0.147. The molecule has 0 saturated heterocycles. The molecule has 0 aromatic heterocycles. The fraction of sp³-hybridized carbons (Fsp3) is 0.846. The van der Waals surface area contributed by atoms with Gasteiger partial charge in [0.15, 0.2) is 0 Å². The summed E-state index contributed by atoms with van der Waals surface area (Å²) in [6, 6.07) is 0. The highest BCUT2D eigenvalue weighted by molar-refractivity contribution is 5.70. The van der Waals surface area contributed by atoms with E-state index in [0.717, 1.165) is 6.42 Å². The maximum absolute atomic E-state index is 11.3. The average molecular weight is 276 g/mol. The Bertz CT molecular complexity index is 241. The highest BCUT2D eigenvalue weighted by atomic mass is 16.6. The van der Waals surface area contributed by atoms with E-state index in [-0.39, 0.29) is 38.2 Å². The van der Waals surface area contributed by atoms with Crippen molar-refractivity contribution in [1.82, 2.24) is 0 Å². The number of unbranched alkanes of at least 4 members (excludes halogenated alkanes) is 1. The maximum Gasteiger partial charge on any atom is 0.305 e. The zero-order valence-electron chi connectivity index (χ0n) is 11.6. The molecule has 0 aromatic rings. The van der Waals surface area contributed by atoms with Gasteiger partial charge in [-0.25, -0.2) is 0 Å². The molecule has 0 atom stereocenters. The minimum Gasteiger partial charge on any atom is -0.463 e. The molecule has 0 aliphatic rings. The summed E-state index contributed by atoms with van der Waals surface area (Å²) in [4.78, 5) is 22.3. The Morgan fingerprint density at radius 2 is 1.47 bits per heavy atom. The van der Waals surface area contributed by atoms with Gasteiger partial charge in [-0.1, -0.05) is 6.92 Å². The van der Waals surface area contributed by atoms with Gasteiger partial charge in [0.05, 0.1) is 13.2 Å². The van der Waals surface area contributed by atoms with Crippen molar-refractivity contribution in [3.05, 3.63) is 0 Å². The highest BCUT2D eigenvalue weighted by Gasteiger charge is 2.05. The van der Waals surface area contributed by atoms with Crippen molar-refractivity contribution in [3.8, 4) is 0 Å². The molecular weight excluding hydrogens is 252 g/mol. The first-order valence-electron chi connectivity index (χ1n) is 6.70. The molecule has 0 spiro atoms. The molecule has 0 aliphatic heterocycles. The van der Waals surface area contributed by atoms with E-state index in [1.54, 1.807) is 0 Å². The first kappa shape index (κ1) is 17.9. The predicted octanol–water partition coefficient (Wildman–Crippen LogP) is 1.05. The Labute approximate surface area is 114 Å². The van der Waals surface area contributed by atoms with Crippen LogP contribution in [0, 0.1) is 0 Å². The monoisotopic (exact) mass is 276 g/mol. The Hall–Kier alpha value is -1.14. The fourth-order valence-electron chi connectivity index (χ4n) is 1.30. The van der Waals surface area contributed by atoms with Crippen molar-refractivity contribution < 1.29 is 28.9 Å². The van der Waals surface area contributed by atoms with Crippen LogP contribution in [0.2, 0.25) is 0 Å². The quantitative estimate of drug-likeness (QED) is 0.424. The van der Waals surface area contributed by atoms with Gasteiger partial charge >= 0.3 is 11.9 Å². The molecule has 0 saturated carbocycles. The van der Waals surface area contributed by atoms with Gasteiger partial charge in [0.1, 0.15) is 13.2 Å². The number of rotatable bonds is 12. The first-order valence-corrected chi connectivity index (χ1v) is 6.70. The molecule has 0 aromatic carbocycles. The Morgan fingerprint density at radius 1 is 0.895 bits per heavy atom. The van der Waals surface area contributed by atoms with Crippen molar-refractivity contribution in [2.45, 2.75) is 39.0 Å². The van der Waals surface area contributed by atoms with Gasteiger partial charge in [-0.15, -0.1) is 0 Å². The minimum atomic E-state index is -0.351. The summed E-state index contributed by atoms with van der Waals surface area (Å²) in [5, 5.41) is 8.45. The van der Waals surface area contributed by atoms with Crippen LogP contribution in [0.5, 0.6) is 0 Å². The van der Waals surface area contributed by atoms with Crippen LogP contribution in [0.3, 0.4) is 0 Å². The second-order valence-electron chi connectivity index (χ2n) is 3.98. The standard InChI is InChI=1S/C13H24O6/c1-2-8-17-10-11-19-13(16)6-4-3-5-12(15)18-9-7-14/h14H,2-11H2,1H3. The summed E-state index contributed by atoms with van der Waals surface area (Å²) >= 11 is 0. The van der Waals surface area contributed by atoms with Crippen LogP contribution in [0.15, 0.2) is 0 Å². The summed E-state index contributed by atoms with van der Waals surface area (Å²) in [5.74, 6) is -0.626. The first-order chi connectivity index (χ1) is 9.20. The fourth-order valence-corrected chi connectivity index (χ4v) is 1.30. The van der Waals surface area contributed by atoms with Crippen LogP contribution in [0.25, 0.3) is 0 Å². The second kappa shape index (κ2) is 13.3. The van der Waals surface area contributed by atoms with Crippen LogP contribution in [-0.4, -0.2) is 50.1 Å². The Balaban J connectivity index is 3.31. The molecule has 0 amide bonds. The van der Waals surface area contributed by atoms with Gasteiger partial charge in [-0.3, -0.25) is 9.59 Å². The SMILES string of the molecule is CCCOCCOC(=O)CCCCC(=O)OCCO. The molecule has 112 valence electrons. The topological polar surface area (TPSA) is 82.1 Å². The molecule has 1 N–H and O–H groups in total. The summed E-state index contributed by atoms with van der Waals surface area (Å²) in [6.07, 6.45) is 2.66. The van der Waals surface area contributed by atoms with E-state index in [0.29, 0.717) is 32.5 Å². The Morgan fingerprint density at radius 3 is 2.00 bits per heavy atom. The van der Waals surface area contributed by atoms with Gasteiger partial charge < -0.3 is 19.3 Å². The number of aliphatic hydroxyl groups is 1. The van der Waals surface area contributed by atoms with E-state index in [2.05, 4.69) is 4.74 Å². The zero-order chi connectivity index (χ0) is 14.3. The summed E-state index contributed by atoms with van der Waals surface area (Å²) < 4.78 is 14.8. The number of esters is 2. The van der Waals surface area contributed by atoms with Crippen molar-refractivity contribution in [1.29, 1.82) is 0 Å². The van der Waals surface area contributed by atoms with Crippen LogP contribution in [0.1, 0.15) is 39.0 Å². The lowest BCUT2D eigenvalue weighted by Crippen LogP contribution is -2.11. The third-order valence-corrected chi connectivity index (χ3v) is 2.21. The van der Waals surface area contributed by atoms with Gasteiger partial charge in [0, 0.05) is 19.4 Å². The number of hydrogen-bond donors (Lipinski definition) is 1. The summed E-state index contributed by atoms with van der Waals surface area (Å²) in [7, 11) is 0. The number of hydrogen-bond acceptors (Lipinski definition) is 6. The van der Waals surface area contributed by atoms with Gasteiger partial charge in [-0.05, 0) is 19.3 Å². The molecule has 6 nitrogen and oxygen atoms in total. The smallest absolute Gasteiger partial charge is 0.305 e. The number of ether oxygens (including phenoxy) is 3. The van der Waals surface area contributed by atoms with Gasteiger partial charge in [0.2, 0.25) is 0 Å². The van der Waals surface area contributed by atoms with E-state index in [1.165, 1.54) is 0 Å². The summed E-state index contributed by atoms with van der Waals surface area (Å²) in [6.45, 7) is 3.24. The van der Waals surface area contributed by atoms with E-state index in [1.807, 2.05) is 6.92 Å². The summed E-state index contributed by atoms with van der Waals surface area (Å²) in [5.41, 5.74) is 0. The molecule has 0 bridgehead atoms. The maximum atomic E-state index is 11.3. The predicted molar refractivity (Wildman–Crippen MR) is 68.6 cm³/mol. The second-order valence-corrected chi connectivity index (χ2v) is 3.98. The van der Waals surface area contributed by atoms with Crippen LogP contribution < -0.4 is 0 Å². The Kier molecular flexibility index (Phi) is 12.5. The lowest BCUT2D eigenvalue weighted by Gasteiger charge is -2.05. The molecule has 19 heavy (non-hydrogen) atoms. The lowest BCUT2D eigenvalue weighted by atomic mass is 10.2. The van der Waals surface area contributed by atoms with Crippen LogP contribution in [-0.2, 0) is 23.8 Å². The molecular formula is C13H24O6. The number of aliphatic hydroxyl groups excluding tert-OH is 1. The van der Waals surface area contributed by atoms with E-state index in [4.69, 9.17) is 14.6 Å². The van der Waals surface area contributed by atoms with Crippen molar-refractivity contribution in [2.24, 2.45) is 0 Å². The van der Waals surface area contributed by atoms with Crippen LogP contribution in [0.4, 0.5) is 0 Å². The number of carbonyl (C=O) groups is 2.